The van der Waals surface area contributed by atoms with E-state index >= 15 is 0 Å². The molecule has 0 atom stereocenters. The van der Waals surface area contributed by atoms with Gasteiger partial charge >= 0.3 is 0 Å². The second kappa shape index (κ2) is 3.67. The molecular weight excluding hydrogens is 276 g/mol. The van der Waals surface area contributed by atoms with Crippen LogP contribution in [0.25, 0.3) is 16.7 Å². The summed E-state index contributed by atoms with van der Waals surface area (Å²) in [6, 6.07) is 13.6. The van der Waals surface area contributed by atoms with Gasteiger partial charge in [-0.05, 0) is 34.9 Å². The average molecular weight is 285 g/mol. The molecule has 0 heterocycles. The molecule has 0 saturated heterocycles. The fourth-order valence-corrected chi connectivity index (χ4v) is 2.56. The van der Waals surface area contributed by atoms with Gasteiger partial charge in [-0.15, -0.1) is 0 Å². The van der Waals surface area contributed by atoms with Crippen LogP contribution >= 0.6 is 15.9 Å². The lowest BCUT2D eigenvalue weighted by molar-refractivity contribution is 0.105. The smallest absolute Gasteiger partial charge is 0.193 e. The van der Waals surface area contributed by atoms with Crippen LogP contribution in [0.5, 0.6) is 0 Å². The number of benzene rings is 2. The van der Waals surface area contributed by atoms with Gasteiger partial charge in [0.25, 0.3) is 0 Å². The highest BCUT2D eigenvalue weighted by atomic mass is 79.9. The zero-order valence-electron chi connectivity index (χ0n) is 9.03. The van der Waals surface area contributed by atoms with Crippen molar-refractivity contribution in [2.24, 2.45) is 0 Å². The van der Waals surface area contributed by atoms with Gasteiger partial charge in [-0.2, -0.15) is 0 Å². The Kier molecular flexibility index (Phi) is 2.26. The summed E-state index contributed by atoms with van der Waals surface area (Å²) in [5.74, 6) is 0.0196. The molecule has 0 fully saturated rings. The lowest BCUT2D eigenvalue weighted by atomic mass is 9.82. The van der Waals surface area contributed by atoms with Crippen LogP contribution in [0.1, 0.15) is 15.9 Å². The highest BCUT2D eigenvalue weighted by Gasteiger charge is 2.25. The summed E-state index contributed by atoms with van der Waals surface area (Å²) in [4.78, 5) is 12.2. The molecule has 1 aliphatic rings. The molecule has 0 bridgehead atoms. The number of carbonyl (C=O) groups is 1. The predicted molar refractivity (Wildman–Crippen MR) is 72.9 cm³/mol. The van der Waals surface area contributed by atoms with Crippen molar-refractivity contribution in [1.29, 1.82) is 0 Å². The second-order valence-electron chi connectivity index (χ2n) is 4.04. The van der Waals surface area contributed by atoms with Crippen LogP contribution in [-0.4, -0.2) is 5.78 Å². The lowest BCUT2D eigenvalue weighted by Crippen LogP contribution is -2.10. The van der Waals surface area contributed by atoms with Gasteiger partial charge in [-0.3, -0.25) is 4.79 Å². The molecule has 0 saturated carbocycles. The minimum atomic E-state index is 0.0196. The molecule has 1 aliphatic carbocycles. The molecule has 2 aromatic carbocycles. The average Bonchev–Trinajstić information content (AvgIpc) is 2.36. The number of Topliss-reactive ketones (excluding diaryl/α,β-unsaturated/α-hetero) is 1. The first kappa shape index (κ1) is 10.5. The van der Waals surface area contributed by atoms with E-state index in [1.54, 1.807) is 0 Å². The summed E-state index contributed by atoms with van der Waals surface area (Å²) in [7, 11) is 0. The molecule has 0 spiro atoms. The molecule has 82 valence electrons. The minimum Gasteiger partial charge on any atom is -0.289 e. The summed E-state index contributed by atoms with van der Waals surface area (Å²) >= 11 is 3.44. The van der Waals surface area contributed by atoms with Crippen molar-refractivity contribution in [2.45, 2.75) is 0 Å². The van der Waals surface area contributed by atoms with E-state index < -0.39 is 0 Å². The van der Waals surface area contributed by atoms with Crippen molar-refractivity contribution in [1.82, 2.24) is 0 Å². The highest BCUT2D eigenvalue weighted by Crippen LogP contribution is 2.39. The fourth-order valence-electron chi connectivity index (χ4n) is 2.20. The van der Waals surface area contributed by atoms with Crippen molar-refractivity contribution in [3.8, 4) is 11.1 Å². The third kappa shape index (κ3) is 1.48. The summed E-state index contributed by atoms with van der Waals surface area (Å²) < 4.78 is 0.978. The Balaban J connectivity index is 2.41. The van der Waals surface area contributed by atoms with Crippen molar-refractivity contribution in [3.63, 3.8) is 0 Å². The first-order valence-electron chi connectivity index (χ1n) is 5.31. The van der Waals surface area contributed by atoms with Crippen LogP contribution in [0.4, 0.5) is 0 Å². The predicted octanol–water partition coefficient (Wildman–Crippen LogP) is 4.33. The molecule has 3 rings (SSSR count). The molecular formula is C15H9BrO. The lowest BCUT2D eigenvalue weighted by Gasteiger charge is -2.20. The van der Waals surface area contributed by atoms with E-state index in [0.29, 0.717) is 5.57 Å². The number of allylic oxidation sites excluding steroid dienone is 1. The van der Waals surface area contributed by atoms with Gasteiger partial charge in [0.2, 0.25) is 0 Å². The number of ketones is 1. The first-order chi connectivity index (χ1) is 8.18. The Morgan fingerprint density at radius 2 is 1.59 bits per heavy atom. The number of rotatable bonds is 0. The van der Waals surface area contributed by atoms with E-state index in [4.69, 9.17) is 0 Å². The number of hydrogen-bond acceptors (Lipinski definition) is 1. The molecule has 0 aromatic heterocycles. The van der Waals surface area contributed by atoms with Gasteiger partial charge in [-0.1, -0.05) is 46.8 Å². The minimum absolute atomic E-state index is 0.0196. The molecule has 2 aromatic rings. The maximum atomic E-state index is 12.2. The molecule has 0 aliphatic heterocycles. The standard InChI is InChI=1S/C15H9BrO/c1-9-11-4-2-3-5-12(11)14-8-10(16)6-7-13(14)15(9)17/h2-8H,1H2. The second-order valence-corrected chi connectivity index (χ2v) is 4.96. The summed E-state index contributed by atoms with van der Waals surface area (Å²) in [6.45, 7) is 3.90. The van der Waals surface area contributed by atoms with E-state index in [-0.39, 0.29) is 5.78 Å². The van der Waals surface area contributed by atoms with Crippen LogP contribution in [0.2, 0.25) is 0 Å². The monoisotopic (exact) mass is 284 g/mol. The van der Waals surface area contributed by atoms with Crippen LogP contribution in [0.3, 0.4) is 0 Å². The van der Waals surface area contributed by atoms with Crippen LogP contribution in [-0.2, 0) is 0 Å². The Morgan fingerprint density at radius 3 is 2.35 bits per heavy atom. The largest absolute Gasteiger partial charge is 0.289 e. The Bertz CT molecular complexity index is 656. The van der Waals surface area contributed by atoms with Crippen molar-refractivity contribution < 1.29 is 4.79 Å². The van der Waals surface area contributed by atoms with Gasteiger partial charge in [0, 0.05) is 15.6 Å². The van der Waals surface area contributed by atoms with E-state index in [2.05, 4.69) is 22.5 Å². The number of fused-ring (bicyclic) bond motifs is 3. The third-order valence-corrected chi connectivity index (χ3v) is 3.54. The Labute approximate surface area is 108 Å². The van der Waals surface area contributed by atoms with E-state index in [1.165, 1.54) is 0 Å². The van der Waals surface area contributed by atoms with E-state index in [1.807, 2.05) is 42.5 Å². The first-order valence-corrected chi connectivity index (χ1v) is 6.11. The molecule has 17 heavy (non-hydrogen) atoms. The van der Waals surface area contributed by atoms with Gasteiger partial charge in [0.15, 0.2) is 5.78 Å². The SMILES string of the molecule is C=C1C(=O)c2ccc(Br)cc2-c2ccccc21. The van der Waals surface area contributed by atoms with Gasteiger partial charge in [-0.25, -0.2) is 0 Å². The fraction of sp³-hybridized carbons (Fsp3) is 0. The van der Waals surface area contributed by atoms with Crippen molar-refractivity contribution in [3.05, 3.63) is 64.6 Å². The summed E-state index contributed by atoms with van der Waals surface area (Å²) in [5.41, 5.74) is 4.30. The number of carbonyl (C=O) groups excluding carboxylic acids is 1. The number of hydrogen-bond donors (Lipinski definition) is 0. The van der Waals surface area contributed by atoms with Gasteiger partial charge < -0.3 is 0 Å². The molecule has 0 N–H and O–H groups in total. The summed E-state index contributed by atoms with van der Waals surface area (Å²) in [6.07, 6.45) is 0. The Morgan fingerprint density at radius 1 is 0.882 bits per heavy atom. The van der Waals surface area contributed by atoms with E-state index in [0.717, 1.165) is 26.7 Å². The van der Waals surface area contributed by atoms with Crippen LogP contribution in [0, 0.1) is 0 Å². The van der Waals surface area contributed by atoms with Gasteiger partial charge in [0.1, 0.15) is 0 Å². The zero-order valence-corrected chi connectivity index (χ0v) is 10.6. The van der Waals surface area contributed by atoms with Gasteiger partial charge in [0.05, 0.1) is 0 Å². The zero-order chi connectivity index (χ0) is 12.0. The molecule has 2 heteroatoms. The quantitative estimate of drug-likeness (QED) is 0.659. The number of halogens is 1. The highest BCUT2D eigenvalue weighted by molar-refractivity contribution is 9.10. The van der Waals surface area contributed by atoms with Crippen LogP contribution in [0.15, 0.2) is 53.5 Å². The maximum absolute atomic E-state index is 12.2. The Hall–Kier alpha value is -1.67. The van der Waals surface area contributed by atoms with Crippen LogP contribution < -0.4 is 0 Å². The third-order valence-electron chi connectivity index (χ3n) is 3.04. The molecule has 1 nitrogen and oxygen atoms in total. The molecule has 0 radical (unpaired) electrons. The van der Waals surface area contributed by atoms with Crippen molar-refractivity contribution in [2.75, 3.05) is 0 Å². The van der Waals surface area contributed by atoms with Crippen molar-refractivity contribution >= 4 is 27.3 Å². The molecule has 0 amide bonds. The molecule has 0 unspecified atom stereocenters. The summed E-state index contributed by atoms with van der Waals surface area (Å²) in [5, 5.41) is 0. The normalized spacial score (nSPS) is 13.2. The van der Waals surface area contributed by atoms with E-state index in [9.17, 15) is 4.79 Å². The maximum Gasteiger partial charge on any atom is 0.193 e. The topological polar surface area (TPSA) is 17.1 Å².